The van der Waals surface area contributed by atoms with Gasteiger partial charge in [0.05, 0.1) is 6.04 Å². The topological polar surface area (TPSA) is 119 Å². The Morgan fingerprint density at radius 3 is 2.26 bits per heavy atom. The fourth-order valence-electron chi connectivity index (χ4n) is 4.15. The van der Waals surface area contributed by atoms with Crippen LogP contribution in [0.2, 0.25) is 0 Å². The molecule has 0 spiro atoms. The standard InChI is InChI=1S/C22H40N2O6S/c1-2-3-4-5-6-7-8-9-10-11-13-23-17(25)12-14-31-21-20(28)19(27)18(26)16-15-30-22(29)24(16)21/h16,18-21,26-28H,2-15H2,1H3,(H,23,25). The number of nitrogens with one attached hydrogen (secondary N) is 1. The summed E-state index contributed by atoms with van der Waals surface area (Å²) in [6.45, 7) is 2.88. The van der Waals surface area contributed by atoms with Gasteiger partial charge in [-0.3, -0.25) is 9.69 Å². The Kier molecular flexibility index (Phi) is 12.0. The van der Waals surface area contributed by atoms with Crippen LogP contribution >= 0.6 is 11.8 Å². The SMILES string of the molecule is CCCCCCCCCCCCNC(=O)CCSC1C(O)C(O)C(O)C2COC(=O)N21. The van der Waals surface area contributed by atoms with Gasteiger partial charge in [0.15, 0.2) is 0 Å². The Bertz CT molecular complexity index is 552. The molecule has 0 radical (unpaired) electrons. The molecule has 8 nitrogen and oxygen atoms in total. The second-order valence-corrected chi connectivity index (χ2v) is 9.79. The van der Waals surface area contributed by atoms with Gasteiger partial charge >= 0.3 is 6.09 Å². The highest BCUT2D eigenvalue weighted by molar-refractivity contribution is 7.99. The van der Waals surface area contributed by atoms with E-state index in [1.807, 2.05) is 0 Å². The number of fused-ring (bicyclic) bond motifs is 1. The minimum Gasteiger partial charge on any atom is -0.447 e. The summed E-state index contributed by atoms with van der Waals surface area (Å²) in [5.41, 5.74) is 0. The summed E-state index contributed by atoms with van der Waals surface area (Å²) < 4.78 is 4.96. The zero-order chi connectivity index (χ0) is 22.6. The Labute approximate surface area is 190 Å². The minimum absolute atomic E-state index is 0.0137. The van der Waals surface area contributed by atoms with Gasteiger partial charge in [-0.2, -0.15) is 0 Å². The second-order valence-electron chi connectivity index (χ2n) is 8.57. The van der Waals surface area contributed by atoms with E-state index in [1.54, 1.807) is 0 Å². The van der Waals surface area contributed by atoms with E-state index in [9.17, 15) is 24.9 Å². The first kappa shape index (κ1) is 26.2. The lowest BCUT2D eigenvalue weighted by molar-refractivity contribution is -0.125. The molecule has 0 aromatic carbocycles. The van der Waals surface area contributed by atoms with Gasteiger partial charge in [0.25, 0.3) is 0 Å². The van der Waals surface area contributed by atoms with Crippen LogP contribution in [0.5, 0.6) is 0 Å². The van der Waals surface area contributed by atoms with E-state index in [2.05, 4.69) is 12.2 Å². The van der Waals surface area contributed by atoms with Gasteiger partial charge in [-0.15, -0.1) is 11.8 Å². The number of rotatable bonds is 15. The van der Waals surface area contributed by atoms with Crippen molar-refractivity contribution in [2.45, 2.75) is 107 Å². The van der Waals surface area contributed by atoms with Gasteiger partial charge < -0.3 is 25.4 Å². The van der Waals surface area contributed by atoms with E-state index in [0.29, 0.717) is 12.3 Å². The van der Waals surface area contributed by atoms with Crippen molar-refractivity contribution in [2.24, 2.45) is 0 Å². The van der Waals surface area contributed by atoms with E-state index in [-0.39, 0.29) is 18.9 Å². The van der Waals surface area contributed by atoms with E-state index in [4.69, 9.17) is 4.74 Å². The summed E-state index contributed by atoms with van der Waals surface area (Å²) in [7, 11) is 0. The largest absolute Gasteiger partial charge is 0.447 e. The van der Waals surface area contributed by atoms with Crippen molar-refractivity contribution < 1.29 is 29.6 Å². The molecule has 31 heavy (non-hydrogen) atoms. The third kappa shape index (κ3) is 8.11. The predicted octanol–water partition coefficient (Wildman–Crippen LogP) is 2.39. The molecule has 2 aliphatic rings. The van der Waals surface area contributed by atoms with Crippen molar-refractivity contribution in [3.8, 4) is 0 Å². The molecule has 2 aliphatic heterocycles. The number of nitrogens with zero attached hydrogens (tertiary/aromatic N) is 1. The highest BCUT2D eigenvalue weighted by atomic mass is 32.2. The molecule has 0 aliphatic carbocycles. The van der Waals surface area contributed by atoms with Gasteiger partial charge in [-0.1, -0.05) is 64.7 Å². The lowest BCUT2D eigenvalue weighted by atomic mass is 9.95. The van der Waals surface area contributed by atoms with Crippen molar-refractivity contribution in [3.05, 3.63) is 0 Å². The number of hydrogen-bond donors (Lipinski definition) is 4. The van der Waals surface area contributed by atoms with Crippen LogP contribution in [0.3, 0.4) is 0 Å². The first-order valence-electron chi connectivity index (χ1n) is 11.8. The van der Waals surface area contributed by atoms with Crippen molar-refractivity contribution in [1.82, 2.24) is 10.2 Å². The molecule has 4 N–H and O–H groups in total. The maximum atomic E-state index is 12.1. The average Bonchev–Trinajstić information content (AvgIpc) is 3.14. The molecule has 5 unspecified atom stereocenters. The molecule has 0 saturated carbocycles. The van der Waals surface area contributed by atoms with Crippen molar-refractivity contribution >= 4 is 23.8 Å². The van der Waals surface area contributed by atoms with Gasteiger partial charge in [0.1, 0.15) is 30.3 Å². The molecule has 9 heteroatoms. The smallest absolute Gasteiger partial charge is 0.411 e. The van der Waals surface area contributed by atoms with Crippen LogP contribution in [0.4, 0.5) is 4.79 Å². The number of ether oxygens (including phenoxy) is 1. The number of unbranched alkanes of at least 4 members (excludes halogenated alkanes) is 9. The van der Waals surface area contributed by atoms with Crippen LogP contribution in [0, 0.1) is 0 Å². The zero-order valence-electron chi connectivity index (χ0n) is 18.7. The molecule has 2 saturated heterocycles. The van der Waals surface area contributed by atoms with Gasteiger partial charge in [0, 0.05) is 18.7 Å². The van der Waals surface area contributed by atoms with Gasteiger partial charge in [0.2, 0.25) is 5.91 Å². The molecule has 2 rings (SSSR count). The minimum atomic E-state index is -1.35. The fourth-order valence-corrected chi connectivity index (χ4v) is 5.45. The third-order valence-electron chi connectivity index (χ3n) is 6.08. The maximum Gasteiger partial charge on any atom is 0.411 e. The Morgan fingerprint density at radius 1 is 1.00 bits per heavy atom. The van der Waals surface area contributed by atoms with Crippen molar-refractivity contribution in [1.29, 1.82) is 0 Å². The second kappa shape index (κ2) is 14.2. The number of hydrogen-bond acceptors (Lipinski definition) is 7. The number of carbonyl (C=O) groups is 2. The normalized spacial score (nSPS) is 27.8. The molecule has 2 amide bonds. The molecule has 5 atom stereocenters. The molecule has 0 aromatic rings. The molecular formula is C22H40N2O6S. The first-order valence-corrected chi connectivity index (χ1v) is 12.9. The molecule has 2 fully saturated rings. The van der Waals surface area contributed by atoms with Crippen molar-refractivity contribution in [2.75, 3.05) is 18.9 Å². The number of thioether (sulfide) groups is 1. The number of amides is 2. The summed E-state index contributed by atoms with van der Waals surface area (Å²) in [5.74, 6) is 0.333. The zero-order valence-corrected chi connectivity index (χ0v) is 19.5. The quantitative estimate of drug-likeness (QED) is 0.277. The maximum absolute atomic E-state index is 12.1. The highest BCUT2D eigenvalue weighted by Crippen LogP contribution is 2.35. The molecule has 0 bridgehead atoms. The summed E-state index contributed by atoms with van der Waals surface area (Å²) in [6, 6.07) is -0.673. The van der Waals surface area contributed by atoms with Crippen LogP contribution in [0.25, 0.3) is 0 Å². The number of piperidine rings is 1. The number of carbonyl (C=O) groups excluding carboxylic acids is 2. The summed E-state index contributed by atoms with van der Waals surface area (Å²) in [5, 5.41) is 32.5. The number of cyclic esters (lactones) is 1. The number of aliphatic hydroxyl groups is 3. The molecule has 0 aromatic heterocycles. The van der Waals surface area contributed by atoms with Crippen LogP contribution in [0.15, 0.2) is 0 Å². The first-order chi connectivity index (χ1) is 15.0. The summed E-state index contributed by atoms with van der Waals surface area (Å²) in [4.78, 5) is 25.3. The van der Waals surface area contributed by atoms with Crippen LogP contribution in [-0.4, -0.2) is 80.9 Å². The summed E-state index contributed by atoms with van der Waals surface area (Å²) >= 11 is 1.22. The van der Waals surface area contributed by atoms with Crippen LogP contribution in [-0.2, 0) is 9.53 Å². The predicted molar refractivity (Wildman–Crippen MR) is 121 cm³/mol. The Morgan fingerprint density at radius 2 is 1.61 bits per heavy atom. The van der Waals surface area contributed by atoms with Crippen LogP contribution in [0.1, 0.15) is 77.6 Å². The molecule has 180 valence electrons. The van der Waals surface area contributed by atoms with E-state index in [1.165, 1.54) is 68.0 Å². The molecule has 2 heterocycles. The summed E-state index contributed by atoms with van der Waals surface area (Å²) in [6.07, 6.45) is 8.29. The Hall–Kier alpha value is -1.03. The monoisotopic (exact) mass is 460 g/mol. The highest BCUT2D eigenvalue weighted by Gasteiger charge is 2.53. The lowest BCUT2D eigenvalue weighted by Gasteiger charge is -2.43. The van der Waals surface area contributed by atoms with E-state index < -0.39 is 35.8 Å². The number of aliphatic hydroxyl groups excluding tert-OH is 3. The van der Waals surface area contributed by atoms with E-state index >= 15 is 0 Å². The Balaban J connectivity index is 1.53. The third-order valence-corrected chi connectivity index (χ3v) is 7.36. The lowest BCUT2D eigenvalue weighted by Crippen LogP contribution is -2.64. The fraction of sp³-hybridized carbons (Fsp3) is 0.909. The van der Waals surface area contributed by atoms with E-state index in [0.717, 1.165) is 12.8 Å². The van der Waals surface area contributed by atoms with Gasteiger partial charge in [-0.25, -0.2) is 4.79 Å². The van der Waals surface area contributed by atoms with Crippen LogP contribution < -0.4 is 5.32 Å². The molecular weight excluding hydrogens is 420 g/mol. The van der Waals surface area contributed by atoms with Crippen molar-refractivity contribution in [3.63, 3.8) is 0 Å². The average molecular weight is 461 g/mol. The van der Waals surface area contributed by atoms with Gasteiger partial charge in [-0.05, 0) is 6.42 Å².